The van der Waals surface area contributed by atoms with Crippen molar-refractivity contribution in [1.29, 1.82) is 0 Å². The maximum Gasteiger partial charge on any atom is 0.141 e. The molecule has 1 saturated heterocycles. The van der Waals surface area contributed by atoms with Gasteiger partial charge in [-0.15, -0.1) is 0 Å². The third-order valence-corrected chi connectivity index (χ3v) is 7.63. The van der Waals surface area contributed by atoms with Gasteiger partial charge in [0.2, 0.25) is 0 Å². The first-order valence-electron chi connectivity index (χ1n) is 11.6. The van der Waals surface area contributed by atoms with Crippen LogP contribution in [0.25, 0.3) is 11.0 Å². The molecule has 2 heterocycles. The van der Waals surface area contributed by atoms with Gasteiger partial charge in [0.15, 0.2) is 0 Å². The van der Waals surface area contributed by atoms with Crippen LogP contribution < -0.4 is 0 Å². The van der Waals surface area contributed by atoms with Gasteiger partial charge in [0.1, 0.15) is 17.2 Å². The van der Waals surface area contributed by atoms with Crippen LogP contribution in [0.3, 0.4) is 0 Å². The highest BCUT2D eigenvalue weighted by Gasteiger charge is 2.32. The Bertz CT molecular complexity index is 1160. The summed E-state index contributed by atoms with van der Waals surface area (Å²) in [7, 11) is 0. The summed E-state index contributed by atoms with van der Waals surface area (Å²) < 4.78 is 17.7. The van der Waals surface area contributed by atoms with Crippen LogP contribution in [0.1, 0.15) is 55.2 Å². The summed E-state index contributed by atoms with van der Waals surface area (Å²) in [5, 5.41) is 10.8. The quantitative estimate of drug-likeness (QED) is 0.513. The minimum absolute atomic E-state index is 0.217. The number of aliphatic hydroxyl groups is 1. The van der Waals surface area contributed by atoms with Crippen molar-refractivity contribution in [2.75, 3.05) is 19.6 Å². The molecule has 3 aromatic rings. The predicted octanol–water partition coefficient (Wildman–Crippen LogP) is 5.53. The summed E-state index contributed by atoms with van der Waals surface area (Å²) in [5.74, 6) is 1.09. The number of rotatable bonds is 4. The van der Waals surface area contributed by atoms with E-state index in [1.807, 2.05) is 0 Å². The number of fused-ring (bicyclic) bond motifs is 2. The zero-order valence-corrected chi connectivity index (χ0v) is 20.6. The number of hydrogen-bond donors (Lipinski definition) is 1. The third kappa shape index (κ3) is 4.13. The second kappa shape index (κ2) is 8.23. The van der Waals surface area contributed by atoms with Gasteiger partial charge in [-0.25, -0.2) is 9.37 Å². The number of aromatic nitrogens is 2. The molecule has 1 N–H and O–H groups in total. The molecule has 0 amide bonds. The Labute approximate surface area is 197 Å². The third-order valence-electron chi connectivity index (χ3n) is 7.14. The summed E-state index contributed by atoms with van der Waals surface area (Å²) in [4.78, 5) is 7.30. The Kier molecular flexibility index (Phi) is 5.67. The topological polar surface area (TPSA) is 41.3 Å². The van der Waals surface area contributed by atoms with Crippen molar-refractivity contribution in [1.82, 2.24) is 14.5 Å². The average Bonchev–Trinajstić information content (AvgIpc) is 3.29. The molecule has 1 unspecified atom stereocenters. The maximum absolute atomic E-state index is 14.4. The molecule has 1 aliphatic carbocycles. The number of imidazole rings is 1. The number of nitrogens with zero attached hydrogens (tertiary/aromatic N) is 3. The van der Waals surface area contributed by atoms with E-state index >= 15 is 0 Å². The zero-order valence-electron chi connectivity index (χ0n) is 19.0. The monoisotopic (exact) mass is 499 g/mol. The van der Waals surface area contributed by atoms with Gasteiger partial charge in [0, 0.05) is 36.2 Å². The largest absolute Gasteiger partial charge is 0.383 e. The summed E-state index contributed by atoms with van der Waals surface area (Å²) >= 11 is 3.59. The second-order valence-electron chi connectivity index (χ2n) is 10.2. The van der Waals surface area contributed by atoms with Crippen LogP contribution in [0.15, 0.2) is 34.8 Å². The highest BCUT2D eigenvalue weighted by Crippen LogP contribution is 2.35. The minimum atomic E-state index is -1.08. The minimum Gasteiger partial charge on any atom is -0.383 e. The lowest BCUT2D eigenvalue weighted by Crippen LogP contribution is -2.39. The molecule has 2 aromatic carbocycles. The van der Waals surface area contributed by atoms with Crippen LogP contribution in [0.2, 0.25) is 0 Å². The number of likely N-dealkylation sites (tertiary alicyclic amines) is 1. The van der Waals surface area contributed by atoms with Crippen LogP contribution >= 0.6 is 15.9 Å². The molecule has 2 aliphatic rings. The Balaban J connectivity index is 1.32. The van der Waals surface area contributed by atoms with Crippen LogP contribution in [0, 0.1) is 18.7 Å². The molecule has 0 radical (unpaired) electrons. The first-order chi connectivity index (χ1) is 15.2. The van der Waals surface area contributed by atoms with Crippen LogP contribution in [0.5, 0.6) is 0 Å². The molecule has 0 saturated carbocycles. The average molecular weight is 500 g/mol. The van der Waals surface area contributed by atoms with Crippen molar-refractivity contribution in [2.45, 2.75) is 58.1 Å². The zero-order chi connectivity index (χ0) is 22.6. The summed E-state index contributed by atoms with van der Waals surface area (Å²) in [5.41, 5.74) is 4.04. The number of benzene rings is 2. The van der Waals surface area contributed by atoms with Crippen LogP contribution in [-0.4, -0.2) is 39.2 Å². The highest BCUT2D eigenvalue weighted by molar-refractivity contribution is 9.10. The molecule has 32 heavy (non-hydrogen) atoms. The van der Waals surface area contributed by atoms with E-state index in [1.54, 1.807) is 32.9 Å². The molecule has 1 aliphatic heterocycles. The molecule has 0 spiro atoms. The van der Waals surface area contributed by atoms with Gasteiger partial charge in [-0.2, -0.15) is 0 Å². The van der Waals surface area contributed by atoms with E-state index in [0.29, 0.717) is 17.3 Å². The van der Waals surface area contributed by atoms with E-state index in [0.717, 1.165) is 56.4 Å². The lowest BCUT2D eigenvalue weighted by molar-refractivity contribution is 0.0603. The summed E-state index contributed by atoms with van der Waals surface area (Å²) in [6.07, 6.45) is 4.28. The lowest BCUT2D eigenvalue weighted by atomic mass is 9.99. The number of hydrogen-bond acceptors (Lipinski definition) is 3. The maximum atomic E-state index is 14.4. The van der Waals surface area contributed by atoms with Gasteiger partial charge in [0.25, 0.3) is 0 Å². The fourth-order valence-corrected chi connectivity index (χ4v) is 5.96. The fourth-order valence-electron chi connectivity index (χ4n) is 5.55. The van der Waals surface area contributed by atoms with E-state index in [2.05, 4.69) is 43.6 Å². The van der Waals surface area contributed by atoms with E-state index in [-0.39, 0.29) is 11.9 Å². The predicted molar refractivity (Wildman–Crippen MR) is 129 cm³/mol. The van der Waals surface area contributed by atoms with Crippen molar-refractivity contribution >= 4 is 27.0 Å². The number of halogens is 2. The molecule has 5 rings (SSSR count). The van der Waals surface area contributed by atoms with E-state index in [1.165, 1.54) is 15.6 Å². The van der Waals surface area contributed by atoms with Crippen molar-refractivity contribution in [3.63, 3.8) is 0 Å². The molecule has 1 fully saturated rings. The van der Waals surface area contributed by atoms with Gasteiger partial charge >= 0.3 is 0 Å². The summed E-state index contributed by atoms with van der Waals surface area (Å²) in [6, 6.07) is 10.3. The molecule has 1 aromatic heterocycles. The SMILES string of the molecule is Cc1cc2nc(C(C)(C)O)n(C3CCN(CC4Cc5ccc(Br)cc5C4)CC3)c2cc1F. The van der Waals surface area contributed by atoms with Gasteiger partial charge in [-0.05, 0) is 87.3 Å². The molecular formula is C26H31BrFN3O. The van der Waals surface area contributed by atoms with E-state index in [9.17, 15) is 9.50 Å². The van der Waals surface area contributed by atoms with Crippen molar-refractivity contribution in [3.8, 4) is 0 Å². The van der Waals surface area contributed by atoms with E-state index < -0.39 is 5.60 Å². The van der Waals surface area contributed by atoms with E-state index in [4.69, 9.17) is 4.98 Å². The fraction of sp³-hybridized carbons (Fsp3) is 0.500. The van der Waals surface area contributed by atoms with Crippen molar-refractivity contribution in [3.05, 3.63) is 63.1 Å². The van der Waals surface area contributed by atoms with Gasteiger partial charge in [-0.1, -0.05) is 22.0 Å². The number of aryl methyl sites for hydroxylation is 1. The Morgan fingerprint density at radius 2 is 1.84 bits per heavy atom. The Morgan fingerprint density at radius 3 is 2.56 bits per heavy atom. The van der Waals surface area contributed by atoms with Gasteiger partial charge in [-0.3, -0.25) is 0 Å². The number of piperidine rings is 1. The molecule has 1 atom stereocenters. The first kappa shape index (κ1) is 22.1. The highest BCUT2D eigenvalue weighted by atomic mass is 79.9. The normalized spacial score (nSPS) is 20.2. The summed E-state index contributed by atoms with van der Waals surface area (Å²) in [6.45, 7) is 8.44. The lowest BCUT2D eigenvalue weighted by Gasteiger charge is -2.35. The molecule has 6 heteroatoms. The smallest absolute Gasteiger partial charge is 0.141 e. The second-order valence-corrected chi connectivity index (χ2v) is 11.1. The van der Waals surface area contributed by atoms with Gasteiger partial charge < -0.3 is 14.6 Å². The first-order valence-corrected chi connectivity index (χ1v) is 12.4. The molecular weight excluding hydrogens is 469 g/mol. The van der Waals surface area contributed by atoms with Crippen LogP contribution in [-0.2, 0) is 18.4 Å². The Morgan fingerprint density at radius 1 is 1.12 bits per heavy atom. The Hall–Kier alpha value is -1.76. The molecule has 0 bridgehead atoms. The van der Waals surface area contributed by atoms with Crippen molar-refractivity contribution < 1.29 is 9.50 Å². The molecule has 170 valence electrons. The molecule has 4 nitrogen and oxygen atoms in total. The van der Waals surface area contributed by atoms with Crippen molar-refractivity contribution in [2.24, 2.45) is 5.92 Å². The van der Waals surface area contributed by atoms with Gasteiger partial charge in [0.05, 0.1) is 11.0 Å². The standard InChI is InChI=1S/C26H31BrFN3O/c1-16-10-23-24(14-22(16)28)31(25(29-23)26(2,3)32)21-6-8-30(9-7-21)15-17-11-18-4-5-20(27)13-19(18)12-17/h4-5,10,13-14,17,21,32H,6-9,11-12,15H2,1-3H3. The van der Waals surface area contributed by atoms with Crippen LogP contribution in [0.4, 0.5) is 4.39 Å².